The van der Waals surface area contributed by atoms with Crippen LogP contribution in [0.5, 0.6) is 0 Å². The van der Waals surface area contributed by atoms with Gasteiger partial charge in [-0.05, 0) is 12.5 Å². The summed E-state index contributed by atoms with van der Waals surface area (Å²) in [6, 6.07) is 5.96. The zero-order chi connectivity index (χ0) is 9.26. The van der Waals surface area contributed by atoms with Crippen LogP contribution in [0.3, 0.4) is 0 Å². The second-order valence-electron chi connectivity index (χ2n) is 2.98. The smallest absolute Gasteiger partial charge is 0.125 e. The van der Waals surface area contributed by atoms with E-state index in [1.54, 1.807) is 0 Å². The fourth-order valence-electron chi connectivity index (χ4n) is 1.37. The van der Waals surface area contributed by atoms with Crippen molar-refractivity contribution in [3.8, 4) is 0 Å². The van der Waals surface area contributed by atoms with Crippen LogP contribution < -0.4 is 5.73 Å². The van der Waals surface area contributed by atoms with Gasteiger partial charge in [-0.15, -0.1) is 12.4 Å². The highest BCUT2D eigenvalue weighted by Crippen LogP contribution is 2.14. The lowest BCUT2D eigenvalue weighted by Gasteiger charge is -2.02. The van der Waals surface area contributed by atoms with Gasteiger partial charge in [0.1, 0.15) is 5.82 Å². The molecule has 0 atom stereocenters. The van der Waals surface area contributed by atoms with Gasteiger partial charge in [0.2, 0.25) is 0 Å². The minimum Gasteiger partial charge on any atom is -0.326 e. The molecule has 0 aliphatic carbocycles. The predicted octanol–water partition coefficient (Wildman–Crippen LogP) is 1.82. The van der Waals surface area contributed by atoms with Crippen LogP contribution >= 0.6 is 12.4 Å². The van der Waals surface area contributed by atoms with Gasteiger partial charge < -0.3 is 5.73 Å². The van der Waals surface area contributed by atoms with E-state index in [9.17, 15) is 0 Å². The highest BCUT2D eigenvalue weighted by molar-refractivity contribution is 5.85. The lowest BCUT2D eigenvalue weighted by Crippen LogP contribution is -1.99. The molecule has 2 N–H and O–H groups in total. The van der Waals surface area contributed by atoms with Crippen LogP contribution in [0.1, 0.15) is 11.4 Å². The Morgan fingerprint density at radius 1 is 1.36 bits per heavy atom. The van der Waals surface area contributed by atoms with Gasteiger partial charge in [-0.2, -0.15) is 0 Å². The van der Waals surface area contributed by atoms with Gasteiger partial charge in [0.25, 0.3) is 0 Å². The first-order valence-corrected chi connectivity index (χ1v) is 4.22. The largest absolute Gasteiger partial charge is 0.326 e. The van der Waals surface area contributed by atoms with E-state index in [0.29, 0.717) is 6.54 Å². The molecule has 0 saturated heterocycles. The van der Waals surface area contributed by atoms with Gasteiger partial charge in [0.15, 0.2) is 0 Å². The van der Waals surface area contributed by atoms with E-state index in [-0.39, 0.29) is 12.4 Å². The van der Waals surface area contributed by atoms with Crippen LogP contribution in [-0.4, -0.2) is 9.97 Å². The number of nitrogens with two attached hydrogens (primary N) is 1. The van der Waals surface area contributed by atoms with Gasteiger partial charge in [-0.3, -0.25) is 0 Å². The summed E-state index contributed by atoms with van der Waals surface area (Å²) in [7, 11) is 0. The van der Waals surface area contributed by atoms with Crippen molar-refractivity contribution in [2.45, 2.75) is 13.5 Å². The Kier molecular flexibility index (Phi) is 3.38. The van der Waals surface area contributed by atoms with Gasteiger partial charge in [-0.25, -0.2) is 9.97 Å². The van der Waals surface area contributed by atoms with E-state index in [4.69, 9.17) is 5.73 Å². The minimum atomic E-state index is 0. The van der Waals surface area contributed by atoms with E-state index in [1.165, 1.54) is 0 Å². The van der Waals surface area contributed by atoms with Crippen molar-refractivity contribution in [1.29, 1.82) is 0 Å². The molecule has 3 nitrogen and oxygen atoms in total. The number of hydrogen-bond acceptors (Lipinski definition) is 3. The molecule has 2 aromatic rings. The van der Waals surface area contributed by atoms with Crippen LogP contribution in [0.4, 0.5) is 0 Å². The summed E-state index contributed by atoms with van der Waals surface area (Å²) < 4.78 is 0. The van der Waals surface area contributed by atoms with Gasteiger partial charge >= 0.3 is 0 Å². The average molecular weight is 210 g/mol. The maximum atomic E-state index is 5.61. The molecule has 0 unspecified atom stereocenters. The molecule has 0 aliphatic heterocycles. The monoisotopic (exact) mass is 209 g/mol. The SMILES string of the molecule is Cc1ncc2cccc(CN)c2n1.Cl. The number of fused-ring (bicyclic) bond motifs is 1. The molecular formula is C10H12ClN3. The Bertz CT molecular complexity index is 442. The summed E-state index contributed by atoms with van der Waals surface area (Å²) in [5, 5.41) is 1.05. The second-order valence-corrected chi connectivity index (χ2v) is 2.98. The first-order chi connectivity index (χ1) is 6.31. The summed E-state index contributed by atoms with van der Waals surface area (Å²) in [5.74, 6) is 0.786. The molecule has 1 aromatic carbocycles. The van der Waals surface area contributed by atoms with Gasteiger partial charge in [0.05, 0.1) is 5.52 Å². The highest BCUT2D eigenvalue weighted by Gasteiger charge is 2.00. The highest BCUT2D eigenvalue weighted by atomic mass is 35.5. The fourth-order valence-corrected chi connectivity index (χ4v) is 1.37. The van der Waals surface area contributed by atoms with E-state index < -0.39 is 0 Å². The van der Waals surface area contributed by atoms with Gasteiger partial charge in [-0.1, -0.05) is 18.2 Å². The molecule has 0 fully saturated rings. The molecule has 0 amide bonds. The number of rotatable bonds is 1. The number of halogens is 1. The first-order valence-electron chi connectivity index (χ1n) is 4.22. The normalized spacial score (nSPS) is 9.86. The lowest BCUT2D eigenvalue weighted by atomic mass is 10.1. The molecule has 0 saturated carbocycles. The number of benzene rings is 1. The van der Waals surface area contributed by atoms with Crippen molar-refractivity contribution < 1.29 is 0 Å². The molecule has 0 aliphatic rings. The number of aromatic nitrogens is 2. The predicted molar refractivity (Wildman–Crippen MR) is 59.4 cm³/mol. The minimum absolute atomic E-state index is 0. The molecule has 0 radical (unpaired) electrons. The maximum absolute atomic E-state index is 5.61. The number of para-hydroxylation sites is 1. The lowest BCUT2D eigenvalue weighted by molar-refractivity contribution is 1.04. The topological polar surface area (TPSA) is 51.8 Å². The summed E-state index contributed by atoms with van der Waals surface area (Å²) in [4.78, 5) is 8.49. The number of hydrogen-bond donors (Lipinski definition) is 1. The third-order valence-electron chi connectivity index (χ3n) is 2.03. The molecule has 14 heavy (non-hydrogen) atoms. The number of aryl methyl sites for hydroxylation is 1. The molecule has 2 rings (SSSR count). The van der Waals surface area contributed by atoms with Crippen LogP contribution in [0, 0.1) is 6.92 Å². The molecule has 1 heterocycles. The summed E-state index contributed by atoms with van der Waals surface area (Å²) in [6.45, 7) is 2.40. The van der Waals surface area contributed by atoms with Crippen LogP contribution in [-0.2, 0) is 6.54 Å². The van der Waals surface area contributed by atoms with Crippen molar-refractivity contribution in [3.63, 3.8) is 0 Å². The van der Waals surface area contributed by atoms with E-state index >= 15 is 0 Å². The zero-order valence-electron chi connectivity index (χ0n) is 7.90. The van der Waals surface area contributed by atoms with Crippen LogP contribution in [0.25, 0.3) is 10.9 Å². The third kappa shape index (κ3) is 1.84. The van der Waals surface area contributed by atoms with Crippen molar-refractivity contribution in [3.05, 3.63) is 35.8 Å². The first kappa shape index (κ1) is 10.9. The van der Waals surface area contributed by atoms with Gasteiger partial charge in [0, 0.05) is 18.1 Å². The number of nitrogens with zero attached hydrogens (tertiary/aromatic N) is 2. The Morgan fingerprint density at radius 2 is 2.14 bits per heavy atom. The molecular weight excluding hydrogens is 198 g/mol. The quantitative estimate of drug-likeness (QED) is 0.780. The van der Waals surface area contributed by atoms with Crippen molar-refractivity contribution in [1.82, 2.24) is 9.97 Å². The Labute approximate surface area is 88.8 Å². The standard InChI is InChI=1S/C10H11N3.ClH/c1-7-12-6-9-4-2-3-8(5-11)10(9)13-7;/h2-4,6H,5,11H2,1H3;1H. The molecule has 0 spiro atoms. The third-order valence-corrected chi connectivity index (χ3v) is 2.03. The van der Waals surface area contributed by atoms with E-state index in [0.717, 1.165) is 22.3 Å². The molecule has 74 valence electrons. The maximum Gasteiger partial charge on any atom is 0.125 e. The van der Waals surface area contributed by atoms with E-state index in [2.05, 4.69) is 9.97 Å². The van der Waals surface area contributed by atoms with Crippen LogP contribution in [0.2, 0.25) is 0 Å². The van der Waals surface area contributed by atoms with Crippen molar-refractivity contribution in [2.75, 3.05) is 0 Å². The molecule has 0 bridgehead atoms. The molecule has 1 aromatic heterocycles. The average Bonchev–Trinajstić information content (AvgIpc) is 2.17. The Morgan fingerprint density at radius 3 is 2.86 bits per heavy atom. The summed E-state index contributed by atoms with van der Waals surface area (Å²) in [5.41, 5.74) is 7.65. The van der Waals surface area contributed by atoms with Crippen molar-refractivity contribution in [2.24, 2.45) is 5.73 Å². The van der Waals surface area contributed by atoms with E-state index in [1.807, 2.05) is 31.3 Å². The Balaban J connectivity index is 0.000000980. The second kappa shape index (κ2) is 4.35. The fraction of sp³-hybridized carbons (Fsp3) is 0.200. The van der Waals surface area contributed by atoms with Crippen molar-refractivity contribution >= 4 is 23.3 Å². The van der Waals surface area contributed by atoms with Crippen LogP contribution in [0.15, 0.2) is 24.4 Å². The summed E-state index contributed by atoms with van der Waals surface area (Å²) in [6.07, 6.45) is 1.83. The Hall–Kier alpha value is -1.19. The molecule has 4 heteroatoms. The summed E-state index contributed by atoms with van der Waals surface area (Å²) >= 11 is 0. The zero-order valence-corrected chi connectivity index (χ0v) is 8.71.